The zero-order valence-corrected chi connectivity index (χ0v) is 19.3. The number of aromatic nitrogens is 3. The summed E-state index contributed by atoms with van der Waals surface area (Å²) < 4.78 is 40.7. The first-order chi connectivity index (χ1) is 17.7. The van der Waals surface area contributed by atoms with Gasteiger partial charge in [-0.1, -0.05) is 18.2 Å². The van der Waals surface area contributed by atoms with Gasteiger partial charge in [-0.2, -0.15) is 13.2 Å². The Morgan fingerprint density at radius 3 is 2.43 bits per heavy atom. The molecule has 0 radical (unpaired) electrons. The highest BCUT2D eigenvalue weighted by molar-refractivity contribution is 6.04. The number of amides is 2. The van der Waals surface area contributed by atoms with Crippen LogP contribution >= 0.6 is 0 Å². The molecule has 0 aliphatic carbocycles. The molecule has 190 valence electrons. The van der Waals surface area contributed by atoms with Crippen molar-refractivity contribution in [2.45, 2.75) is 6.18 Å². The van der Waals surface area contributed by atoms with E-state index in [-0.39, 0.29) is 5.56 Å². The van der Waals surface area contributed by atoms with Crippen molar-refractivity contribution in [1.29, 1.82) is 0 Å². The van der Waals surface area contributed by atoms with Crippen molar-refractivity contribution in [3.63, 3.8) is 0 Å². The lowest BCUT2D eigenvalue weighted by Crippen LogP contribution is -2.48. The number of hydrogen-bond acceptors (Lipinski definition) is 5. The minimum absolute atomic E-state index is 0.105. The van der Waals surface area contributed by atoms with Crippen LogP contribution in [0.3, 0.4) is 0 Å². The van der Waals surface area contributed by atoms with Crippen molar-refractivity contribution in [3.05, 3.63) is 78.0 Å². The van der Waals surface area contributed by atoms with Gasteiger partial charge in [0.05, 0.1) is 11.3 Å². The van der Waals surface area contributed by atoms with Crippen LogP contribution in [0.15, 0.2) is 66.9 Å². The predicted octanol–water partition coefficient (Wildman–Crippen LogP) is 4.47. The third-order valence-electron chi connectivity index (χ3n) is 6.09. The maximum Gasteiger partial charge on any atom is 0.416 e. The van der Waals surface area contributed by atoms with Crippen molar-refractivity contribution >= 4 is 29.2 Å². The van der Waals surface area contributed by atoms with Crippen molar-refractivity contribution in [1.82, 2.24) is 19.5 Å². The Labute approximate surface area is 208 Å². The Hall–Kier alpha value is -4.61. The van der Waals surface area contributed by atoms with Gasteiger partial charge in [-0.3, -0.25) is 4.79 Å². The number of benzene rings is 2. The molecule has 2 aromatic carbocycles. The van der Waals surface area contributed by atoms with E-state index in [4.69, 9.17) is 5.11 Å². The molecule has 2 N–H and O–H groups in total. The average Bonchev–Trinajstić information content (AvgIpc) is 3.33. The van der Waals surface area contributed by atoms with Gasteiger partial charge < -0.3 is 20.2 Å². The molecule has 3 heterocycles. The first-order valence-corrected chi connectivity index (χ1v) is 11.4. The number of fused-ring (bicyclic) bond motifs is 1. The SMILES string of the molecule is O=C(Nc1cccc(-c2ccnc3cc(N4CCN(C(=O)O)CC4)nn23)c1)c1cccc(C(F)(F)F)c1. The fourth-order valence-electron chi connectivity index (χ4n) is 4.18. The van der Waals surface area contributed by atoms with E-state index in [1.807, 2.05) is 17.0 Å². The molecule has 12 heteroatoms. The van der Waals surface area contributed by atoms with E-state index in [1.165, 1.54) is 17.0 Å². The summed E-state index contributed by atoms with van der Waals surface area (Å²) in [5.41, 5.74) is 1.39. The lowest BCUT2D eigenvalue weighted by atomic mass is 10.1. The normalized spacial score (nSPS) is 14.1. The van der Waals surface area contributed by atoms with Crippen molar-refractivity contribution < 1.29 is 27.9 Å². The van der Waals surface area contributed by atoms with E-state index in [0.717, 1.165) is 12.1 Å². The first-order valence-electron chi connectivity index (χ1n) is 11.4. The molecule has 0 spiro atoms. The number of nitrogens with one attached hydrogen (secondary N) is 1. The van der Waals surface area contributed by atoms with Crippen LogP contribution in [-0.2, 0) is 6.18 Å². The van der Waals surface area contributed by atoms with Gasteiger partial charge in [-0.15, -0.1) is 5.10 Å². The molecule has 2 amide bonds. The highest BCUT2D eigenvalue weighted by Crippen LogP contribution is 2.30. The molecule has 4 aromatic rings. The molecule has 9 nitrogen and oxygen atoms in total. The molecule has 0 saturated carbocycles. The maximum absolute atomic E-state index is 13.0. The fourth-order valence-corrected chi connectivity index (χ4v) is 4.18. The van der Waals surface area contributed by atoms with Gasteiger partial charge in [-0.25, -0.2) is 14.3 Å². The van der Waals surface area contributed by atoms with Crippen LogP contribution in [0.4, 0.5) is 29.5 Å². The van der Waals surface area contributed by atoms with Gasteiger partial charge in [0.15, 0.2) is 11.5 Å². The van der Waals surface area contributed by atoms with Crippen LogP contribution in [0.5, 0.6) is 0 Å². The fraction of sp³-hybridized carbons (Fsp3) is 0.200. The van der Waals surface area contributed by atoms with Crippen LogP contribution in [0.1, 0.15) is 15.9 Å². The summed E-state index contributed by atoms with van der Waals surface area (Å²) in [7, 11) is 0. The number of carbonyl (C=O) groups is 2. The van der Waals surface area contributed by atoms with E-state index >= 15 is 0 Å². The zero-order valence-electron chi connectivity index (χ0n) is 19.3. The number of nitrogens with zero attached hydrogens (tertiary/aromatic N) is 5. The van der Waals surface area contributed by atoms with Crippen molar-refractivity contribution in [2.75, 3.05) is 36.4 Å². The third-order valence-corrected chi connectivity index (χ3v) is 6.09. The zero-order chi connectivity index (χ0) is 26.2. The number of carboxylic acid groups (broad SMARTS) is 1. The van der Waals surface area contributed by atoms with Gasteiger partial charge >= 0.3 is 12.3 Å². The summed E-state index contributed by atoms with van der Waals surface area (Å²) >= 11 is 0. The molecule has 0 bridgehead atoms. The monoisotopic (exact) mass is 510 g/mol. The Morgan fingerprint density at radius 1 is 0.946 bits per heavy atom. The number of piperazine rings is 1. The molecule has 5 rings (SSSR count). The average molecular weight is 510 g/mol. The summed E-state index contributed by atoms with van der Waals surface area (Å²) in [5, 5.41) is 16.5. The number of alkyl halides is 3. The largest absolute Gasteiger partial charge is 0.465 e. The Balaban J connectivity index is 1.38. The summed E-state index contributed by atoms with van der Waals surface area (Å²) in [6, 6.07) is 14.7. The topological polar surface area (TPSA) is 103 Å². The van der Waals surface area contributed by atoms with Crippen molar-refractivity contribution in [3.8, 4) is 11.3 Å². The van der Waals surface area contributed by atoms with Crippen LogP contribution in [0.25, 0.3) is 16.9 Å². The van der Waals surface area contributed by atoms with E-state index in [0.29, 0.717) is 54.6 Å². The van der Waals surface area contributed by atoms with E-state index in [2.05, 4.69) is 15.4 Å². The first kappa shape index (κ1) is 24.1. The van der Waals surface area contributed by atoms with E-state index in [9.17, 15) is 22.8 Å². The standard InChI is InChI=1S/C25H21F3N6O3/c26-25(27,28)18-5-1-4-17(13-18)23(35)30-19-6-2-3-16(14-19)20-7-8-29-21-15-22(31-34(20)21)32-9-11-33(12-10-32)24(36)37/h1-8,13-15H,9-12H2,(H,30,35)(H,36,37). The second-order valence-electron chi connectivity index (χ2n) is 8.47. The van der Waals surface area contributed by atoms with E-state index < -0.39 is 23.7 Å². The molecular formula is C25H21F3N6O3. The minimum atomic E-state index is -4.55. The Kier molecular flexibility index (Phi) is 6.15. The summed E-state index contributed by atoms with van der Waals surface area (Å²) in [5.74, 6) is 0.00370. The maximum atomic E-state index is 13.0. The number of halogens is 3. The number of rotatable bonds is 4. The molecule has 1 fully saturated rings. The second-order valence-corrected chi connectivity index (χ2v) is 8.47. The lowest BCUT2D eigenvalue weighted by molar-refractivity contribution is -0.137. The Bertz CT molecular complexity index is 1480. The summed E-state index contributed by atoms with van der Waals surface area (Å²) in [4.78, 5) is 31.5. The second kappa shape index (κ2) is 9.45. The third kappa shape index (κ3) is 5.03. The molecule has 37 heavy (non-hydrogen) atoms. The van der Waals surface area contributed by atoms with Gasteiger partial charge in [0.25, 0.3) is 5.91 Å². The van der Waals surface area contributed by atoms with Gasteiger partial charge in [-0.05, 0) is 36.4 Å². The Morgan fingerprint density at radius 2 is 1.70 bits per heavy atom. The lowest BCUT2D eigenvalue weighted by Gasteiger charge is -2.32. The van der Waals surface area contributed by atoms with Crippen LogP contribution < -0.4 is 10.2 Å². The predicted molar refractivity (Wildman–Crippen MR) is 130 cm³/mol. The van der Waals surface area contributed by atoms with Crippen LogP contribution in [0, 0.1) is 0 Å². The highest BCUT2D eigenvalue weighted by Gasteiger charge is 2.31. The molecule has 0 unspecified atom stereocenters. The highest BCUT2D eigenvalue weighted by atomic mass is 19.4. The smallest absolute Gasteiger partial charge is 0.416 e. The van der Waals surface area contributed by atoms with Gasteiger partial charge in [0.1, 0.15) is 0 Å². The number of carbonyl (C=O) groups excluding carboxylic acids is 1. The number of hydrogen-bond donors (Lipinski definition) is 2. The van der Waals surface area contributed by atoms with Gasteiger partial charge in [0.2, 0.25) is 0 Å². The molecule has 1 aliphatic heterocycles. The molecular weight excluding hydrogens is 489 g/mol. The van der Waals surface area contributed by atoms with Crippen LogP contribution in [0.2, 0.25) is 0 Å². The van der Waals surface area contributed by atoms with Crippen molar-refractivity contribution in [2.24, 2.45) is 0 Å². The van der Waals surface area contributed by atoms with Gasteiger partial charge in [0, 0.05) is 55.3 Å². The van der Waals surface area contributed by atoms with Crippen LogP contribution in [-0.4, -0.2) is 62.8 Å². The van der Waals surface area contributed by atoms with E-state index in [1.54, 1.807) is 35.0 Å². The molecule has 1 aliphatic rings. The molecule has 0 atom stereocenters. The molecule has 2 aromatic heterocycles. The molecule has 1 saturated heterocycles. The quantitative estimate of drug-likeness (QED) is 0.420. The number of anilines is 2. The summed E-state index contributed by atoms with van der Waals surface area (Å²) in [6.45, 7) is 1.75. The summed E-state index contributed by atoms with van der Waals surface area (Å²) in [6.07, 6.45) is -3.86. The minimum Gasteiger partial charge on any atom is -0.465 e.